The van der Waals surface area contributed by atoms with Crippen molar-refractivity contribution in [2.24, 2.45) is 5.73 Å². The third kappa shape index (κ3) is 2.50. The number of hydrogen-bond acceptors (Lipinski definition) is 4. The Labute approximate surface area is 114 Å². The molecule has 2 aromatic rings. The quantitative estimate of drug-likeness (QED) is 0.919. The number of rotatable bonds is 5. The van der Waals surface area contributed by atoms with E-state index in [1.807, 2.05) is 17.7 Å². The molecule has 2 heterocycles. The molecule has 98 valence electrons. The molecule has 5 nitrogen and oxygen atoms in total. The Hall–Kier alpha value is -1.11. The second-order valence-corrected chi connectivity index (χ2v) is 4.86. The monoisotopic (exact) mass is 313 g/mol. The number of nitrogens with zero attached hydrogens (tertiary/aromatic N) is 2. The van der Waals surface area contributed by atoms with Crippen molar-refractivity contribution in [3.63, 3.8) is 0 Å². The standard InChI is InChI=1S/C12H16BrN3O2/c1-8-9(3-5-18-8)11(14)12-10(13)7-15-16(12)4-6-17-2/h3,5,7,11H,4,6,14H2,1-2H3. The van der Waals surface area contributed by atoms with E-state index in [-0.39, 0.29) is 6.04 Å². The van der Waals surface area contributed by atoms with Gasteiger partial charge in [-0.3, -0.25) is 4.68 Å². The van der Waals surface area contributed by atoms with Crippen LogP contribution in [0.15, 0.2) is 27.4 Å². The van der Waals surface area contributed by atoms with Crippen molar-refractivity contribution >= 4 is 15.9 Å². The fraction of sp³-hybridized carbons (Fsp3) is 0.417. The highest BCUT2D eigenvalue weighted by Gasteiger charge is 2.20. The predicted octanol–water partition coefficient (Wildman–Crippen LogP) is 2.24. The molecule has 0 aromatic carbocycles. The minimum Gasteiger partial charge on any atom is -0.469 e. The Kier molecular flexibility index (Phi) is 4.21. The lowest BCUT2D eigenvalue weighted by molar-refractivity contribution is 0.182. The lowest BCUT2D eigenvalue weighted by atomic mass is 10.1. The van der Waals surface area contributed by atoms with Crippen LogP contribution in [0.4, 0.5) is 0 Å². The Morgan fingerprint density at radius 3 is 3.00 bits per heavy atom. The summed E-state index contributed by atoms with van der Waals surface area (Å²) in [5.41, 5.74) is 8.18. The molecule has 0 spiro atoms. The van der Waals surface area contributed by atoms with Crippen LogP contribution in [0.5, 0.6) is 0 Å². The molecular formula is C12H16BrN3O2. The van der Waals surface area contributed by atoms with Crippen LogP contribution in [-0.2, 0) is 11.3 Å². The molecule has 0 fully saturated rings. The van der Waals surface area contributed by atoms with E-state index in [1.54, 1.807) is 19.6 Å². The fourth-order valence-electron chi connectivity index (χ4n) is 1.90. The Balaban J connectivity index is 2.32. The highest BCUT2D eigenvalue weighted by molar-refractivity contribution is 9.10. The number of furan rings is 1. The summed E-state index contributed by atoms with van der Waals surface area (Å²) in [4.78, 5) is 0. The number of ether oxygens (including phenoxy) is 1. The molecule has 0 saturated heterocycles. The summed E-state index contributed by atoms with van der Waals surface area (Å²) in [7, 11) is 1.67. The largest absolute Gasteiger partial charge is 0.469 e. The first kappa shape index (κ1) is 13.3. The molecule has 0 saturated carbocycles. The molecule has 0 bridgehead atoms. The lowest BCUT2D eigenvalue weighted by Crippen LogP contribution is -2.19. The minimum absolute atomic E-state index is 0.266. The summed E-state index contributed by atoms with van der Waals surface area (Å²) >= 11 is 3.49. The Morgan fingerprint density at radius 2 is 2.39 bits per heavy atom. The van der Waals surface area contributed by atoms with Gasteiger partial charge in [-0.1, -0.05) is 0 Å². The number of aryl methyl sites for hydroxylation is 1. The van der Waals surface area contributed by atoms with Gasteiger partial charge in [0.1, 0.15) is 5.76 Å². The number of methoxy groups -OCH3 is 1. The van der Waals surface area contributed by atoms with Gasteiger partial charge in [-0.25, -0.2) is 0 Å². The molecule has 2 rings (SSSR count). The highest BCUT2D eigenvalue weighted by Crippen LogP contribution is 2.28. The van der Waals surface area contributed by atoms with Crippen LogP contribution < -0.4 is 5.73 Å². The topological polar surface area (TPSA) is 66.2 Å². The van der Waals surface area contributed by atoms with Gasteiger partial charge in [0.05, 0.1) is 41.8 Å². The van der Waals surface area contributed by atoms with E-state index in [2.05, 4.69) is 21.0 Å². The third-order valence-corrected chi connectivity index (χ3v) is 3.48. The van der Waals surface area contributed by atoms with Crippen molar-refractivity contribution in [1.82, 2.24) is 9.78 Å². The van der Waals surface area contributed by atoms with Crippen LogP contribution >= 0.6 is 15.9 Å². The zero-order valence-corrected chi connectivity index (χ0v) is 12.0. The van der Waals surface area contributed by atoms with Crippen molar-refractivity contribution in [1.29, 1.82) is 0 Å². The fourth-order valence-corrected chi connectivity index (χ4v) is 2.44. The van der Waals surface area contributed by atoms with Crippen LogP contribution in [-0.4, -0.2) is 23.5 Å². The molecule has 0 aliphatic carbocycles. The number of nitrogens with two attached hydrogens (primary N) is 1. The molecule has 2 aromatic heterocycles. The van der Waals surface area contributed by atoms with Gasteiger partial charge in [0, 0.05) is 12.7 Å². The second-order valence-electron chi connectivity index (χ2n) is 4.00. The molecule has 0 amide bonds. The van der Waals surface area contributed by atoms with Gasteiger partial charge in [-0.05, 0) is 28.9 Å². The number of halogens is 1. The van der Waals surface area contributed by atoms with E-state index >= 15 is 0 Å². The van der Waals surface area contributed by atoms with E-state index in [1.165, 1.54) is 0 Å². The van der Waals surface area contributed by atoms with Crippen molar-refractivity contribution < 1.29 is 9.15 Å². The number of aromatic nitrogens is 2. The molecule has 6 heteroatoms. The van der Waals surface area contributed by atoms with Crippen LogP contribution in [0.1, 0.15) is 23.1 Å². The van der Waals surface area contributed by atoms with E-state index < -0.39 is 0 Å². The van der Waals surface area contributed by atoms with Crippen molar-refractivity contribution in [2.45, 2.75) is 19.5 Å². The van der Waals surface area contributed by atoms with Gasteiger partial charge in [-0.2, -0.15) is 5.10 Å². The van der Waals surface area contributed by atoms with E-state index in [0.717, 1.165) is 21.5 Å². The normalized spacial score (nSPS) is 12.9. The number of hydrogen-bond donors (Lipinski definition) is 1. The summed E-state index contributed by atoms with van der Waals surface area (Å²) < 4.78 is 13.1. The summed E-state index contributed by atoms with van der Waals surface area (Å²) in [6.07, 6.45) is 3.40. The van der Waals surface area contributed by atoms with Crippen LogP contribution in [0.3, 0.4) is 0 Å². The van der Waals surface area contributed by atoms with Crippen molar-refractivity contribution in [2.75, 3.05) is 13.7 Å². The zero-order chi connectivity index (χ0) is 13.1. The minimum atomic E-state index is -0.266. The van der Waals surface area contributed by atoms with Gasteiger partial charge >= 0.3 is 0 Å². The van der Waals surface area contributed by atoms with Gasteiger partial charge in [0.15, 0.2) is 0 Å². The molecule has 0 aliphatic rings. The first-order chi connectivity index (χ1) is 8.65. The molecule has 1 atom stereocenters. The first-order valence-corrected chi connectivity index (χ1v) is 6.44. The Morgan fingerprint density at radius 1 is 1.61 bits per heavy atom. The van der Waals surface area contributed by atoms with E-state index in [0.29, 0.717) is 13.2 Å². The predicted molar refractivity (Wildman–Crippen MR) is 71.3 cm³/mol. The first-order valence-electron chi connectivity index (χ1n) is 5.65. The SMILES string of the molecule is COCCn1ncc(Br)c1C(N)c1ccoc1C. The van der Waals surface area contributed by atoms with Gasteiger partial charge in [0.2, 0.25) is 0 Å². The van der Waals surface area contributed by atoms with Crippen LogP contribution in [0, 0.1) is 6.92 Å². The second kappa shape index (κ2) is 5.69. The third-order valence-electron chi connectivity index (χ3n) is 2.87. The van der Waals surface area contributed by atoms with Crippen LogP contribution in [0.25, 0.3) is 0 Å². The summed E-state index contributed by atoms with van der Waals surface area (Å²) in [6.45, 7) is 3.17. The lowest BCUT2D eigenvalue weighted by Gasteiger charge is -2.14. The van der Waals surface area contributed by atoms with Crippen molar-refractivity contribution in [3.8, 4) is 0 Å². The summed E-state index contributed by atoms with van der Waals surface area (Å²) in [5, 5.41) is 4.29. The maximum atomic E-state index is 6.29. The maximum Gasteiger partial charge on any atom is 0.105 e. The average molecular weight is 314 g/mol. The molecule has 0 aliphatic heterocycles. The average Bonchev–Trinajstić information content (AvgIpc) is 2.92. The highest BCUT2D eigenvalue weighted by atomic mass is 79.9. The van der Waals surface area contributed by atoms with Gasteiger partial charge in [-0.15, -0.1) is 0 Å². The molecule has 18 heavy (non-hydrogen) atoms. The molecule has 2 N–H and O–H groups in total. The zero-order valence-electron chi connectivity index (χ0n) is 10.4. The van der Waals surface area contributed by atoms with Crippen LogP contribution in [0.2, 0.25) is 0 Å². The maximum absolute atomic E-state index is 6.29. The summed E-state index contributed by atoms with van der Waals surface area (Å²) in [6, 6.07) is 1.62. The summed E-state index contributed by atoms with van der Waals surface area (Å²) in [5.74, 6) is 0.828. The van der Waals surface area contributed by atoms with Gasteiger partial charge in [0.25, 0.3) is 0 Å². The molecular weight excluding hydrogens is 298 g/mol. The van der Waals surface area contributed by atoms with Crippen molar-refractivity contribution in [3.05, 3.63) is 40.0 Å². The Bertz CT molecular complexity index is 521. The van der Waals surface area contributed by atoms with E-state index in [9.17, 15) is 0 Å². The molecule has 1 unspecified atom stereocenters. The smallest absolute Gasteiger partial charge is 0.105 e. The van der Waals surface area contributed by atoms with Gasteiger partial charge < -0.3 is 14.9 Å². The molecule has 0 radical (unpaired) electrons. The van der Waals surface area contributed by atoms with E-state index in [4.69, 9.17) is 14.9 Å².